The molecule has 8 aromatic rings. The zero-order valence-corrected chi connectivity index (χ0v) is 33.8. The minimum absolute atomic E-state index is 0.156. The molecule has 0 spiro atoms. The second-order valence-electron chi connectivity index (χ2n) is 14.8. The van der Waals surface area contributed by atoms with Crippen LogP contribution in [0.2, 0.25) is 0 Å². The summed E-state index contributed by atoms with van der Waals surface area (Å²) < 4.78 is 7.62. The first-order valence-corrected chi connectivity index (χ1v) is 19.7. The van der Waals surface area contributed by atoms with Gasteiger partial charge in [0, 0.05) is 62.2 Å². The van der Waals surface area contributed by atoms with E-state index in [0.717, 1.165) is 89.9 Å². The lowest BCUT2D eigenvalue weighted by molar-refractivity contribution is -0.139. The van der Waals surface area contributed by atoms with Crippen LogP contribution in [0.5, 0.6) is 0 Å². The van der Waals surface area contributed by atoms with Gasteiger partial charge in [0.1, 0.15) is 6.61 Å². The number of hydrogen-bond donors (Lipinski definition) is 0. The first kappa shape index (κ1) is 39.1. The zero-order valence-electron chi connectivity index (χ0n) is 33.8. The molecule has 294 valence electrons. The molecule has 0 fully saturated rings. The Labute approximate surface area is 349 Å². The molecule has 60 heavy (non-hydrogen) atoms. The van der Waals surface area contributed by atoms with Gasteiger partial charge >= 0.3 is 5.97 Å². The fourth-order valence-corrected chi connectivity index (χ4v) is 7.63. The summed E-state index contributed by atoms with van der Waals surface area (Å²) in [6, 6.07) is 53.6. The van der Waals surface area contributed by atoms with Gasteiger partial charge in [0.2, 0.25) is 11.6 Å². The Bertz CT molecular complexity index is 2940. The summed E-state index contributed by atoms with van der Waals surface area (Å²) >= 11 is 0. The Morgan fingerprint density at radius 3 is 1.50 bits per heavy atom. The van der Waals surface area contributed by atoms with E-state index in [9.17, 15) is 14.4 Å². The van der Waals surface area contributed by atoms with E-state index >= 15 is 0 Å². The molecule has 1 heterocycles. The van der Waals surface area contributed by atoms with Crippen LogP contribution in [0.4, 0.5) is 34.1 Å². The Morgan fingerprint density at radius 2 is 1.02 bits per heavy atom. The number of carbonyl (C=O) groups is 3. The molecule has 0 bridgehead atoms. The first-order valence-electron chi connectivity index (χ1n) is 19.7. The molecule has 0 N–H and O–H groups in total. The van der Waals surface area contributed by atoms with Crippen LogP contribution < -0.4 is 9.80 Å². The molecule has 0 aliphatic rings. The fourth-order valence-electron chi connectivity index (χ4n) is 7.63. The number of aryl methyl sites for hydroxylation is 3. The van der Waals surface area contributed by atoms with Crippen LogP contribution in [-0.2, 0) is 20.9 Å². The van der Waals surface area contributed by atoms with Gasteiger partial charge in [-0.15, -0.1) is 0 Å². The minimum Gasteiger partial charge on any atom is -0.458 e. The molecule has 7 aromatic carbocycles. The second-order valence-corrected chi connectivity index (χ2v) is 14.8. The molecule has 0 saturated carbocycles. The van der Waals surface area contributed by atoms with Crippen LogP contribution in [0.25, 0.3) is 27.5 Å². The van der Waals surface area contributed by atoms with E-state index in [1.165, 1.54) is 6.08 Å². The lowest BCUT2D eigenvalue weighted by atomic mass is 10.1. The van der Waals surface area contributed by atoms with E-state index in [1.54, 1.807) is 12.1 Å². The number of carbonyl (C=O) groups excluding carboxylic acids is 3. The first-order chi connectivity index (χ1) is 29.1. The average Bonchev–Trinajstić information content (AvgIpc) is 3.59. The van der Waals surface area contributed by atoms with Gasteiger partial charge in [0.05, 0.1) is 11.0 Å². The van der Waals surface area contributed by atoms with Crippen molar-refractivity contribution in [1.82, 2.24) is 4.57 Å². The van der Waals surface area contributed by atoms with Crippen molar-refractivity contribution in [2.24, 2.45) is 0 Å². The quantitative estimate of drug-likeness (QED) is 0.0502. The van der Waals surface area contributed by atoms with Crippen LogP contribution in [-0.4, -0.2) is 22.1 Å². The summed E-state index contributed by atoms with van der Waals surface area (Å²) in [5.74, 6) is -1.69. The maximum Gasteiger partial charge on any atom is 0.330 e. The van der Waals surface area contributed by atoms with Gasteiger partial charge in [-0.2, -0.15) is 0 Å². The minimum atomic E-state index is -0.639. The third-order valence-electron chi connectivity index (χ3n) is 10.6. The number of aromatic nitrogens is 1. The highest BCUT2D eigenvalue weighted by atomic mass is 16.5. The van der Waals surface area contributed by atoms with Gasteiger partial charge in [0.15, 0.2) is 0 Å². The van der Waals surface area contributed by atoms with Crippen LogP contribution >= 0.6 is 0 Å². The smallest absolute Gasteiger partial charge is 0.330 e. The van der Waals surface area contributed by atoms with E-state index in [4.69, 9.17) is 4.74 Å². The molecule has 7 heteroatoms. The summed E-state index contributed by atoms with van der Waals surface area (Å²) in [4.78, 5) is 41.0. The molecule has 7 nitrogen and oxygen atoms in total. The van der Waals surface area contributed by atoms with E-state index in [1.807, 2.05) is 42.5 Å². The lowest BCUT2D eigenvalue weighted by Gasteiger charge is -2.26. The molecule has 0 radical (unpaired) electrons. The number of rotatable bonds is 13. The van der Waals surface area contributed by atoms with Crippen molar-refractivity contribution in [1.29, 1.82) is 0 Å². The molecule has 0 amide bonds. The fraction of sp³-hybridized carbons (Fsp3) is 0.0755. The number of Topliss-reactive ketones (excluding diaryl/α,β-unsaturated/α-hetero) is 1. The number of hydrogen-bond acceptors (Lipinski definition) is 6. The van der Waals surface area contributed by atoms with Crippen molar-refractivity contribution in [2.75, 3.05) is 9.80 Å². The second kappa shape index (κ2) is 16.6. The molecule has 0 unspecified atom stereocenters. The molecule has 0 aliphatic carbocycles. The Morgan fingerprint density at radius 1 is 0.533 bits per heavy atom. The number of ether oxygens (including phenoxy) is 1. The molecular weight excluding hydrogens is 743 g/mol. The van der Waals surface area contributed by atoms with Crippen LogP contribution in [0.1, 0.15) is 32.6 Å². The summed E-state index contributed by atoms with van der Waals surface area (Å²) in [6.07, 6.45) is 2.21. The predicted octanol–water partition coefficient (Wildman–Crippen LogP) is 12.8. The number of anilines is 6. The number of nitrogens with zero attached hydrogens (tertiary/aromatic N) is 3. The van der Waals surface area contributed by atoms with Gasteiger partial charge in [-0.3, -0.25) is 9.59 Å². The topological polar surface area (TPSA) is 71.8 Å². The largest absolute Gasteiger partial charge is 0.458 e. The number of ketones is 2. The summed E-state index contributed by atoms with van der Waals surface area (Å²) in [5, 5.41) is 2.19. The van der Waals surface area contributed by atoms with Crippen molar-refractivity contribution in [3.8, 4) is 5.69 Å². The Balaban J connectivity index is 1.31. The lowest BCUT2D eigenvalue weighted by Crippen LogP contribution is -2.13. The number of benzene rings is 7. The van der Waals surface area contributed by atoms with Crippen LogP contribution in [0.3, 0.4) is 0 Å². The van der Waals surface area contributed by atoms with Gasteiger partial charge in [-0.05, 0) is 141 Å². The van der Waals surface area contributed by atoms with E-state index < -0.39 is 17.5 Å². The molecule has 0 aliphatic heterocycles. The van der Waals surface area contributed by atoms with Crippen molar-refractivity contribution in [3.63, 3.8) is 0 Å². The number of allylic oxidation sites excluding steroid dienone is 1. The van der Waals surface area contributed by atoms with Gasteiger partial charge < -0.3 is 19.1 Å². The van der Waals surface area contributed by atoms with Gasteiger partial charge in [-0.25, -0.2) is 4.79 Å². The standard InChI is InChI=1S/C53H43N3O4/c1-6-51(57)53(59)39-18-24-41(25-19-39)55(44-13-9-11-37(5)31-44)46-27-29-48-47-28-26-45(32-49(47)56(50(48)33-46)42-20-14-35(3)15-21-42)54(43-12-8-10-36(4)30-43)40-22-16-38(17-23-40)34-60-52(58)7-2/h6-33H,1-2,34H2,3-5H3. The van der Waals surface area contributed by atoms with Crippen molar-refractivity contribution in [3.05, 3.63) is 211 Å². The van der Waals surface area contributed by atoms with Crippen molar-refractivity contribution >= 4 is 73.5 Å². The molecular formula is C53H43N3O4. The SMILES string of the molecule is C=CC(=O)OCc1ccc(N(c2cccc(C)c2)c2ccc3c4ccc(N(c5ccc(C(=O)C(=O)C=C)cc5)c5cccc(C)c5)cc4n(-c4ccc(C)cc4)c3c2)cc1. The predicted molar refractivity (Wildman–Crippen MR) is 244 cm³/mol. The van der Waals surface area contributed by atoms with Crippen LogP contribution in [0, 0.1) is 20.8 Å². The average molecular weight is 786 g/mol. The Kier molecular flexibility index (Phi) is 10.8. The maximum absolute atomic E-state index is 12.7. The maximum atomic E-state index is 12.7. The highest BCUT2D eigenvalue weighted by Gasteiger charge is 2.21. The molecule has 8 rings (SSSR count). The normalized spacial score (nSPS) is 11.0. The highest BCUT2D eigenvalue weighted by molar-refractivity contribution is 6.47. The van der Waals surface area contributed by atoms with E-state index in [2.05, 4.69) is 151 Å². The van der Waals surface area contributed by atoms with Gasteiger partial charge in [0.25, 0.3) is 0 Å². The monoisotopic (exact) mass is 785 g/mol. The highest BCUT2D eigenvalue weighted by Crippen LogP contribution is 2.43. The number of esters is 1. The molecule has 0 saturated heterocycles. The molecule has 1 aromatic heterocycles. The summed E-state index contributed by atoms with van der Waals surface area (Å²) in [6.45, 7) is 13.4. The molecule has 0 atom stereocenters. The third kappa shape index (κ3) is 7.76. The number of fused-ring (bicyclic) bond motifs is 3. The van der Waals surface area contributed by atoms with Gasteiger partial charge in [-0.1, -0.05) is 79.4 Å². The zero-order chi connectivity index (χ0) is 41.9. The van der Waals surface area contributed by atoms with Crippen molar-refractivity contribution < 1.29 is 19.1 Å². The van der Waals surface area contributed by atoms with E-state index in [0.29, 0.717) is 5.56 Å². The summed E-state index contributed by atoms with van der Waals surface area (Å²) in [7, 11) is 0. The van der Waals surface area contributed by atoms with Crippen LogP contribution in [0.15, 0.2) is 183 Å². The summed E-state index contributed by atoms with van der Waals surface area (Å²) in [5.41, 5.74) is 13.3. The third-order valence-corrected chi connectivity index (χ3v) is 10.6. The van der Waals surface area contributed by atoms with Crippen molar-refractivity contribution in [2.45, 2.75) is 27.4 Å². The van der Waals surface area contributed by atoms with E-state index in [-0.39, 0.29) is 6.61 Å². The Hall–Kier alpha value is -7.77.